The predicted octanol–water partition coefficient (Wildman–Crippen LogP) is 4.43. The average molecular weight is 584 g/mol. The molecule has 2 aromatic heterocycles. The molecule has 1 saturated heterocycles. The van der Waals surface area contributed by atoms with Gasteiger partial charge in [-0.25, -0.2) is 22.9 Å². The summed E-state index contributed by atoms with van der Waals surface area (Å²) in [5.41, 5.74) is 0.279. The molecule has 210 valence electrons. The van der Waals surface area contributed by atoms with Gasteiger partial charge in [0.05, 0.1) is 41.2 Å². The molecule has 2 aliphatic rings. The molecular formula is C28H23ClF3N6O3+. The van der Waals surface area contributed by atoms with Crippen LogP contribution in [-0.2, 0) is 14.4 Å². The fraction of sp³-hybridized carbons (Fsp3) is 0.286. The zero-order valence-electron chi connectivity index (χ0n) is 21.4. The van der Waals surface area contributed by atoms with Crippen molar-refractivity contribution < 1.29 is 27.6 Å². The number of hydrogen-bond donors (Lipinski definition) is 2. The van der Waals surface area contributed by atoms with E-state index in [9.17, 15) is 32.8 Å². The van der Waals surface area contributed by atoms with Crippen molar-refractivity contribution in [3.8, 4) is 6.07 Å². The number of anilines is 1. The topological polar surface area (TPSA) is 125 Å². The molecule has 9 nitrogen and oxygen atoms in total. The molecule has 41 heavy (non-hydrogen) atoms. The van der Waals surface area contributed by atoms with Crippen molar-refractivity contribution in [2.75, 3.05) is 5.32 Å². The Bertz CT molecular complexity index is 1570. The largest absolute Gasteiger partial charge is 0.347 e. The van der Waals surface area contributed by atoms with Crippen molar-refractivity contribution in [1.29, 1.82) is 5.26 Å². The lowest BCUT2D eigenvalue weighted by Crippen LogP contribution is -2.66. The molecule has 3 aromatic rings. The molecule has 1 aliphatic heterocycles. The summed E-state index contributed by atoms with van der Waals surface area (Å²) in [6.45, 7) is 0. The van der Waals surface area contributed by atoms with Crippen molar-refractivity contribution >= 4 is 40.8 Å². The summed E-state index contributed by atoms with van der Waals surface area (Å²) in [6.07, 6.45) is 2.08. The lowest BCUT2D eigenvalue weighted by atomic mass is 9.87. The molecule has 3 heterocycles. The smallest absolute Gasteiger partial charge is 0.321 e. The Labute approximate surface area is 237 Å². The molecule has 13 heteroatoms. The second-order valence-electron chi connectivity index (χ2n) is 10.0. The first kappa shape index (κ1) is 28.2. The monoisotopic (exact) mass is 583 g/mol. The number of amides is 3. The molecule has 0 bridgehead atoms. The van der Waals surface area contributed by atoms with Crippen molar-refractivity contribution in [1.82, 2.24) is 19.8 Å². The molecule has 3 amide bonds. The van der Waals surface area contributed by atoms with Crippen molar-refractivity contribution in [2.24, 2.45) is 0 Å². The first-order valence-electron chi connectivity index (χ1n) is 12.7. The van der Waals surface area contributed by atoms with E-state index in [1.54, 1.807) is 12.1 Å². The zero-order chi connectivity index (χ0) is 29.4. The molecule has 2 fully saturated rings. The number of rotatable bonds is 7. The highest BCUT2D eigenvalue weighted by Gasteiger charge is 2.63. The van der Waals surface area contributed by atoms with Crippen LogP contribution in [0.25, 0.3) is 0 Å². The maximum absolute atomic E-state index is 14.1. The number of carbonyl (C=O) groups is 3. The number of halogens is 4. The SMILES string of the molecule is N#Cc1ccnc([N+]2([C@H](C(=O)NC3CC(F)(F)C3)c3ccccc3Cl)C(=O)CCC2C(=O)Nc2cncc(F)c2)c1. The van der Waals surface area contributed by atoms with E-state index in [2.05, 4.69) is 20.6 Å². The summed E-state index contributed by atoms with van der Waals surface area (Å²) in [5.74, 6) is -5.86. The van der Waals surface area contributed by atoms with Gasteiger partial charge in [-0.2, -0.15) is 9.74 Å². The lowest BCUT2D eigenvalue weighted by molar-refractivity contribution is -0.144. The third-order valence-corrected chi connectivity index (χ3v) is 7.70. The number of hydrogen-bond acceptors (Lipinski definition) is 6. The van der Waals surface area contributed by atoms with Crippen LogP contribution in [0.3, 0.4) is 0 Å². The van der Waals surface area contributed by atoms with E-state index in [0.29, 0.717) is 0 Å². The summed E-state index contributed by atoms with van der Waals surface area (Å²) < 4.78 is 40.2. The van der Waals surface area contributed by atoms with Crippen LogP contribution in [0.5, 0.6) is 0 Å². The normalized spacial score (nSPS) is 22.3. The number of quaternary nitrogens is 1. The Morgan fingerprint density at radius 3 is 2.61 bits per heavy atom. The molecule has 1 aliphatic carbocycles. The minimum Gasteiger partial charge on any atom is -0.347 e. The quantitative estimate of drug-likeness (QED) is 0.397. The number of nitrogens with zero attached hydrogens (tertiary/aromatic N) is 4. The second-order valence-corrected chi connectivity index (χ2v) is 10.4. The van der Waals surface area contributed by atoms with Gasteiger partial charge in [0.1, 0.15) is 5.82 Å². The Balaban J connectivity index is 1.69. The van der Waals surface area contributed by atoms with E-state index in [1.807, 2.05) is 6.07 Å². The van der Waals surface area contributed by atoms with Gasteiger partial charge in [-0.05, 0) is 12.1 Å². The molecular weight excluding hydrogens is 561 g/mol. The minimum atomic E-state index is -2.93. The van der Waals surface area contributed by atoms with Crippen molar-refractivity contribution in [3.63, 3.8) is 0 Å². The molecule has 0 radical (unpaired) electrons. The van der Waals surface area contributed by atoms with Crippen LogP contribution in [0.15, 0.2) is 61.1 Å². The predicted molar refractivity (Wildman–Crippen MR) is 142 cm³/mol. The van der Waals surface area contributed by atoms with Gasteiger partial charge in [-0.15, -0.1) is 0 Å². The summed E-state index contributed by atoms with van der Waals surface area (Å²) >= 11 is 6.56. The number of aromatic nitrogens is 2. The van der Waals surface area contributed by atoms with E-state index in [-0.39, 0.29) is 40.5 Å². The van der Waals surface area contributed by atoms with Crippen LogP contribution < -0.4 is 15.1 Å². The Morgan fingerprint density at radius 1 is 1.17 bits per heavy atom. The maximum Gasteiger partial charge on any atom is 0.321 e. The molecule has 5 rings (SSSR count). The van der Waals surface area contributed by atoms with E-state index >= 15 is 0 Å². The maximum atomic E-state index is 14.1. The van der Waals surface area contributed by atoms with Crippen LogP contribution in [-0.4, -0.2) is 45.7 Å². The van der Waals surface area contributed by atoms with Crippen LogP contribution >= 0.6 is 11.6 Å². The number of nitriles is 1. The van der Waals surface area contributed by atoms with E-state index in [0.717, 1.165) is 12.3 Å². The van der Waals surface area contributed by atoms with Crippen LogP contribution in [0.4, 0.5) is 24.7 Å². The number of benzene rings is 1. The first-order chi connectivity index (χ1) is 19.5. The highest BCUT2D eigenvalue weighted by atomic mass is 35.5. The number of likely N-dealkylation sites (tertiary alicyclic amines) is 1. The minimum absolute atomic E-state index is 0.0154. The molecule has 2 unspecified atom stereocenters. The van der Waals surface area contributed by atoms with Gasteiger partial charge >= 0.3 is 5.91 Å². The van der Waals surface area contributed by atoms with Gasteiger partial charge in [0.2, 0.25) is 11.9 Å². The van der Waals surface area contributed by atoms with Crippen molar-refractivity contribution in [3.05, 3.63) is 83.0 Å². The van der Waals surface area contributed by atoms with E-state index in [1.165, 1.54) is 36.7 Å². The average Bonchev–Trinajstić information content (AvgIpc) is 3.26. The molecule has 1 saturated carbocycles. The number of alkyl halides is 2. The fourth-order valence-corrected chi connectivity index (χ4v) is 5.80. The number of carbonyl (C=O) groups excluding carboxylic acids is 3. The van der Waals surface area contributed by atoms with Gasteiger partial charge < -0.3 is 10.6 Å². The highest BCUT2D eigenvalue weighted by molar-refractivity contribution is 6.31. The Hall–Kier alpha value is -4.34. The van der Waals surface area contributed by atoms with Gasteiger partial charge in [0.15, 0.2) is 6.04 Å². The number of nitrogens with one attached hydrogen (secondary N) is 2. The van der Waals surface area contributed by atoms with E-state index < -0.39 is 64.9 Å². The van der Waals surface area contributed by atoms with Crippen LogP contribution in [0, 0.1) is 17.1 Å². The summed E-state index contributed by atoms with van der Waals surface area (Å²) in [7, 11) is 0. The lowest BCUT2D eigenvalue weighted by Gasteiger charge is -2.42. The Kier molecular flexibility index (Phi) is 7.50. The second kappa shape index (κ2) is 10.9. The summed E-state index contributed by atoms with van der Waals surface area (Å²) in [6, 6.07) is 8.20. The fourth-order valence-electron chi connectivity index (χ4n) is 5.56. The van der Waals surface area contributed by atoms with E-state index in [4.69, 9.17) is 11.6 Å². The van der Waals surface area contributed by atoms with Crippen LogP contribution in [0.1, 0.15) is 42.9 Å². The van der Waals surface area contributed by atoms with Gasteiger partial charge in [-0.3, -0.25) is 14.6 Å². The third-order valence-electron chi connectivity index (χ3n) is 7.36. The van der Waals surface area contributed by atoms with Crippen molar-refractivity contribution in [2.45, 2.75) is 49.7 Å². The summed E-state index contributed by atoms with van der Waals surface area (Å²) in [4.78, 5) is 50.1. The van der Waals surface area contributed by atoms with Crippen LogP contribution in [0.2, 0.25) is 5.02 Å². The Morgan fingerprint density at radius 2 is 1.93 bits per heavy atom. The third kappa shape index (κ3) is 5.26. The molecule has 3 atom stereocenters. The number of pyridine rings is 2. The van der Waals surface area contributed by atoms with Gasteiger partial charge in [-0.1, -0.05) is 29.8 Å². The first-order valence-corrected chi connectivity index (χ1v) is 13.1. The molecule has 2 N–H and O–H groups in total. The van der Waals surface area contributed by atoms with Gasteiger partial charge in [0.25, 0.3) is 17.7 Å². The molecule has 0 spiro atoms. The van der Waals surface area contributed by atoms with Gasteiger partial charge in [0, 0.05) is 49.2 Å². The highest BCUT2D eigenvalue weighted by Crippen LogP contribution is 2.46. The zero-order valence-corrected chi connectivity index (χ0v) is 22.1. The molecule has 1 aromatic carbocycles. The standard InChI is InChI=1S/C28H22ClF3N6O3/c29-21-4-2-1-3-20(21)25(27(41)37-19-11-28(31,32)12-19)38(23-9-16(13-33)7-8-35-23)22(5-6-24(38)39)26(40)36-18-10-17(30)14-34-15-18/h1-4,7-10,14-15,19,22,25H,5-6,11-12H2,(H-,36,37,40,41)/p+1/t22?,25-,38?/m0/s1. The summed E-state index contributed by atoms with van der Waals surface area (Å²) in [5, 5.41) is 14.9.